The molecule has 0 bridgehead atoms. The van der Waals surface area contributed by atoms with Crippen LogP contribution in [0.25, 0.3) is 11.1 Å². The van der Waals surface area contributed by atoms with Crippen molar-refractivity contribution in [2.45, 2.75) is 37.5 Å². The minimum atomic E-state index is 0.227. The van der Waals surface area contributed by atoms with Crippen molar-refractivity contribution in [1.29, 1.82) is 0 Å². The van der Waals surface area contributed by atoms with Gasteiger partial charge in [-0.3, -0.25) is 0 Å². The lowest BCUT2D eigenvalue weighted by molar-refractivity contribution is 0.244. The van der Waals surface area contributed by atoms with Gasteiger partial charge in [-0.05, 0) is 54.3 Å². The molecule has 35 heavy (non-hydrogen) atoms. The lowest BCUT2D eigenvalue weighted by atomic mass is 10.00. The first-order valence-electron chi connectivity index (χ1n) is 11.7. The number of rotatable bonds is 12. The van der Waals surface area contributed by atoms with Crippen molar-refractivity contribution in [3.63, 3.8) is 0 Å². The van der Waals surface area contributed by atoms with Crippen molar-refractivity contribution in [3.8, 4) is 16.9 Å². The van der Waals surface area contributed by atoms with Gasteiger partial charge in [-0.15, -0.1) is 10.2 Å². The molecule has 0 spiro atoms. The monoisotopic (exact) mass is 489 g/mol. The second-order valence-corrected chi connectivity index (χ2v) is 9.39. The van der Waals surface area contributed by atoms with Crippen LogP contribution >= 0.6 is 11.8 Å². The number of hydrogen-bond donors (Lipinski definition) is 1. The zero-order valence-electron chi connectivity index (χ0n) is 20.2. The number of hydrogen-bond acceptors (Lipinski definition) is 7. The summed E-state index contributed by atoms with van der Waals surface area (Å²) in [4.78, 5) is 2.21. The molecule has 4 aromatic rings. The van der Waals surface area contributed by atoms with Crippen LogP contribution in [0.1, 0.15) is 29.0 Å². The summed E-state index contributed by atoms with van der Waals surface area (Å²) in [6, 6.07) is 24.9. The molecule has 3 aromatic carbocycles. The molecule has 0 unspecified atom stereocenters. The fourth-order valence-electron chi connectivity index (χ4n) is 3.81. The summed E-state index contributed by atoms with van der Waals surface area (Å²) >= 11 is 1.52. The molecule has 0 fully saturated rings. The Labute approximate surface area is 211 Å². The minimum Gasteiger partial charge on any atom is -0.484 e. The lowest BCUT2D eigenvalue weighted by Crippen LogP contribution is -2.19. The Bertz CT molecular complexity index is 1200. The van der Waals surface area contributed by atoms with Crippen molar-refractivity contribution >= 4 is 11.8 Å². The highest BCUT2D eigenvalue weighted by atomic mass is 32.2. The fourth-order valence-corrected chi connectivity index (χ4v) is 4.55. The van der Waals surface area contributed by atoms with Gasteiger partial charge < -0.3 is 19.2 Å². The van der Waals surface area contributed by atoms with E-state index >= 15 is 0 Å². The summed E-state index contributed by atoms with van der Waals surface area (Å²) in [5.41, 5.74) is 5.83. The van der Waals surface area contributed by atoms with Gasteiger partial charge in [0.25, 0.3) is 11.1 Å². The molecular weight excluding hydrogens is 458 g/mol. The third-order valence-electron chi connectivity index (χ3n) is 5.70. The molecule has 7 heteroatoms. The summed E-state index contributed by atoms with van der Waals surface area (Å²) < 4.78 is 11.8. The normalized spacial score (nSPS) is 11.2. The van der Waals surface area contributed by atoms with Crippen molar-refractivity contribution in [2.75, 3.05) is 20.2 Å². The van der Waals surface area contributed by atoms with Gasteiger partial charge in [-0.1, -0.05) is 78.5 Å². The van der Waals surface area contributed by atoms with Crippen molar-refractivity contribution in [2.24, 2.45) is 0 Å². The summed E-state index contributed by atoms with van der Waals surface area (Å²) in [6.45, 7) is 4.27. The van der Waals surface area contributed by atoms with Gasteiger partial charge in [0.2, 0.25) is 0 Å². The Morgan fingerprint density at radius 2 is 1.71 bits per heavy atom. The van der Waals surface area contributed by atoms with E-state index in [1.54, 1.807) is 0 Å². The molecule has 4 rings (SSSR count). The Morgan fingerprint density at radius 1 is 0.943 bits per heavy atom. The Kier molecular flexibility index (Phi) is 8.95. The number of aromatic nitrogens is 2. The summed E-state index contributed by atoms with van der Waals surface area (Å²) in [6.07, 6.45) is 0.794. The third kappa shape index (κ3) is 7.18. The molecule has 0 amide bonds. The minimum absolute atomic E-state index is 0.227. The molecule has 1 N–H and O–H groups in total. The van der Waals surface area contributed by atoms with Crippen molar-refractivity contribution in [1.82, 2.24) is 15.1 Å². The molecule has 0 atom stereocenters. The summed E-state index contributed by atoms with van der Waals surface area (Å²) in [5, 5.41) is 17.8. The first-order valence-corrected chi connectivity index (χ1v) is 12.7. The highest BCUT2D eigenvalue weighted by molar-refractivity contribution is 7.98. The van der Waals surface area contributed by atoms with Crippen LogP contribution < -0.4 is 4.74 Å². The standard InChI is InChI=1S/C28H31N3O3S/c1-21-25(24-8-4-3-5-9-24)10-6-11-26(21)33-19-27-29-30-28(34-27)35-20-23-14-12-22(13-15-23)18-31(2)16-7-17-32/h3-6,8-15,32H,7,16-20H2,1-2H3. The molecule has 6 nitrogen and oxygen atoms in total. The summed E-state index contributed by atoms with van der Waals surface area (Å²) in [5.74, 6) is 2.01. The Balaban J connectivity index is 1.28. The topological polar surface area (TPSA) is 71.6 Å². The highest BCUT2D eigenvalue weighted by Gasteiger charge is 2.11. The maximum atomic E-state index is 8.96. The number of ether oxygens (including phenoxy) is 1. The second kappa shape index (κ2) is 12.5. The molecule has 0 radical (unpaired) electrons. The van der Waals surface area contributed by atoms with Gasteiger partial charge in [0.05, 0.1) is 0 Å². The first-order chi connectivity index (χ1) is 17.1. The van der Waals surface area contributed by atoms with E-state index in [-0.39, 0.29) is 13.2 Å². The zero-order valence-corrected chi connectivity index (χ0v) is 21.0. The predicted molar refractivity (Wildman–Crippen MR) is 139 cm³/mol. The van der Waals surface area contributed by atoms with Gasteiger partial charge in [0.1, 0.15) is 5.75 Å². The molecule has 1 heterocycles. The number of aliphatic hydroxyl groups is 1. The van der Waals surface area contributed by atoms with Crippen LogP contribution in [0.15, 0.2) is 82.4 Å². The summed E-state index contributed by atoms with van der Waals surface area (Å²) in [7, 11) is 2.07. The third-order valence-corrected chi connectivity index (χ3v) is 6.59. The number of thioether (sulfide) groups is 1. The molecular formula is C28H31N3O3S. The maximum Gasteiger partial charge on any atom is 0.277 e. The molecule has 0 saturated carbocycles. The van der Waals surface area contributed by atoms with Crippen molar-refractivity contribution < 1.29 is 14.3 Å². The van der Waals surface area contributed by atoms with Gasteiger partial charge in [-0.25, -0.2) is 0 Å². The number of nitrogens with zero attached hydrogens (tertiary/aromatic N) is 3. The average molecular weight is 490 g/mol. The van der Waals surface area contributed by atoms with Gasteiger partial charge in [0, 0.05) is 25.4 Å². The van der Waals surface area contributed by atoms with Crippen LogP contribution in [0.4, 0.5) is 0 Å². The van der Waals surface area contributed by atoms with Gasteiger partial charge in [-0.2, -0.15) is 0 Å². The van der Waals surface area contributed by atoms with Crippen LogP contribution in [-0.4, -0.2) is 40.4 Å². The SMILES string of the molecule is Cc1c(OCc2nnc(SCc3ccc(CN(C)CCCO)cc3)o2)cccc1-c1ccccc1. The van der Waals surface area contributed by atoms with Gasteiger partial charge in [0.15, 0.2) is 6.61 Å². The largest absolute Gasteiger partial charge is 0.484 e. The second-order valence-electron chi connectivity index (χ2n) is 8.47. The van der Waals surface area contributed by atoms with E-state index < -0.39 is 0 Å². The maximum absolute atomic E-state index is 8.96. The van der Waals surface area contributed by atoms with Crippen LogP contribution in [0.2, 0.25) is 0 Å². The molecule has 1 aromatic heterocycles. The van der Waals surface area contributed by atoms with Crippen LogP contribution in [0, 0.1) is 6.92 Å². The average Bonchev–Trinajstić information content (AvgIpc) is 3.35. The van der Waals surface area contributed by atoms with E-state index in [0.717, 1.165) is 47.7 Å². The first kappa shape index (κ1) is 25.0. The number of benzene rings is 3. The highest BCUT2D eigenvalue weighted by Crippen LogP contribution is 2.30. The molecule has 0 aliphatic heterocycles. The predicted octanol–water partition coefficient (Wildman–Crippen LogP) is 5.73. The van der Waals surface area contributed by atoms with E-state index in [0.29, 0.717) is 11.1 Å². The van der Waals surface area contributed by atoms with E-state index in [1.165, 1.54) is 22.9 Å². The molecule has 182 valence electrons. The van der Waals surface area contributed by atoms with Crippen LogP contribution in [0.3, 0.4) is 0 Å². The van der Waals surface area contributed by atoms with Gasteiger partial charge >= 0.3 is 0 Å². The van der Waals surface area contributed by atoms with Crippen LogP contribution in [-0.2, 0) is 18.9 Å². The Hall–Kier alpha value is -3.13. The van der Waals surface area contributed by atoms with E-state index in [4.69, 9.17) is 14.3 Å². The van der Waals surface area contributed by atoms with E-state index in [9.17, 15) is 0 Å². The number of aliphatic hydroxyl groups excluding tert-OH is 1. The van der Waals surface area contributed by atoms with Crippen molar-refractivity contribution in [3.05, 3.63) is 95.4 Å². The smallest absolute Gasteiger partial charge is 0.277 e. The molecule has 0 aliphatic rings. The Morgan fingerprint density at radius 3 is 2.49 bits per heavy atom. The lowest BCUT2D eigenvalue weighted by Gasteiger charge is -2.16. The quantitative estimate of drug-likeness (QED) is 0.255. The van der Waals surface area contributed by atoms with Crippen LogP contribution in [0.5, 0.6) is 5.75 Å². The van der Waals surface area contributed by atoms with E-state index in [1.807, 2.05) is 30.3 Å². The molecule has 0 saturated heterocycles. The molecule has 0 aliphatic carbocycles. The zero-order chi connectivity index (χ0) is 24.5. The fraction of sp³-hybridized carbons (Fsp3) is 0.286. The van der Waals surface area contributed by atoms with E-state index in [2.05, 4.69) is 71.5 Å².